The minimum absolute atomic E-state index is 0.361. The van der Waals surface area contributed by atoms with Crippen LogP contribution in [0.3, 0.4) is 0 Å². The fraction of sp³-hybridized carbons (Fsp3) is 0.474. The van der Waals surface area contributed by atoms with E-state index in [9.17, 15) is 8.78 Å². The Morgan fingerprint density at radius 1 is 0.926 bits per heavy atom. The van der Waals surface area contributed by atoms with Gasteiger partial charge in [-0.2, -0.15) is 4.98 Å². The highest BCUT2D eigenvalue weighted by Crippen LogP contribution is 2.19. The molecule has 1 aromatic heterocycles. The van der Waals surface area contributed by atoms with E-state index < -0.39 is 5.82 Å². The summed E-state index contributed by atoms with van der Waals surface area (Å²) in [5, 5.41) is 0. The summed E-state index contributed by atoms with van der Waals surface area (Å²) in [6.45, 7) is 6.53. The zero-order chi connectivity index (χ0) is 18.6. The van der Waals surface area contributed by atoms with Crippen molar-refractivity contribution in [2.75, 3.05) is 62.3 Å². The van der Waals surface area contributed by atoms with Gasteiger partial charge in [-0.1, -0.05) is 0 Å². The van der Waals surface area contributed by atoms with Crippen molar-refractivity contribution in [2.24, 2.45) is 0 Å². The van der Waals surface area contributed by atoms with Gasteiger partial charge >= 0.3 is 0 Å². The molecule has 0 saturated carbocycles. The summed E-state index contributed by atoms with van der Waals surface area (Å²) in [4.78, 5) is 15.6. The van der Waals surface area contributed by atoms with Crippen LogP contribution >= 0.6 is 0 Å². The number of benzene rings is 1. The highest BCUT2D eigenvalue weighted by Gasteiger charge is 2.21. The molecule has 2 aliphatic heterocycles. The highest BCUT2D eigenvalue weighted by molar-refractivity contribution is 5.44. The predicted octanol–water partition coefficient (Wildman–Crippen LogP) is 1.91. The van der Waals surface area contributed by atoms with Gasteiger partial charge in [0.25, 0.3) is 0 Å². The lowest BCUT2D eigenvalue weighted by molar-refractivity contribution is 0.122. The Balaban J connectivity index is 1.37. The molecule has 2 saturated heterocycles. The van der Waals surface area contributed by atoms with Gasteiger partial charge in [-0.3, -0.25) is 4.90 Å². The Morgan fingerprint density at radius 2 is 1.70 bits per heavy atom. The third kappa shape index (κ3) is 4.33. The molecule has 27 heavy (non-hydrogen) atoms. The second-order valence-corrected chi connectivity index (χ2v) is 6.81. The predicted molar refractivity (Wildman–Crippen MR) is 98.9 cm³/mol. The number of hydrogen-bond acceptors (Lipinski definition) is 6. The molecule has 0 unspecified atom stereocenters. The second-order valence-electron chi connectivity index (χ2n) is 6.81. The van der Waals surface area contributed by atoms with Crippen molar-refractivity contribution in [1.29, 1.82) is 0 Å². The standard InChI is InChI=1S/C19H23F2N5O/c20-16-1-2-17(21)15(13-16)14-24-5-7-26(8-6-24)19-22-4-3-18(23-19)25-9-11-27-12-10-25/h1-4,13H,5-12,14H2. The first-order valence-corrected chi connectivity index (χ1v) is 9.26. The number of nitrogens with zero attached hydrogens (tertiary/aromatic N) is 5. The molecule has 3 heterocycles. The Hall–Kier alpha value is -2.32. The molecule has 1 aromatic carbocycles. The number of ether oxygens (including phenoxy) is 1. The molecular weight excluding hydrogens is 352 g/mol. The summed E-state index contributed by atoms with van der Waals surface area (Å²) in [5.74, 6) is 0.877. The monoisotopic (exact) mass is 375 g/mol. The zero-order valence-corrected chi connectivity index (χ0v) is 15.2. The maximum absolute atomic E-state index is 13.9. The Bertz CT molecular complexity index is 776. The normalized spacial score (nSPS) is 18.7. The highest BCUT2D eigenvalue weighted by atomic mass is 19.1. The third-order valence-corrected chi connectivity index (χ3v) is 5.02. The van der Waals surface area contributed by atoms with Crippen LogP contribution in [0.2, 0.25) is 0 Å². The molecule has 0 aliphatic carbocycles. The van der Waals surface area contributed by atoms with Gasteiger partial charge < -0.3 is 14.5 Å². The van der Waals surface area contributed by atoms with Gasteiger partial charge in [-0.15, -0.1) is 0 Å². The van der Waals surface area contributed by atoms with Crippen LogP contribution in [0.15, 0.2) is 30.5 Å². The van der Waals surface area contributed by atoms with E-state index in [-0.39, 0.29) is 5.82 Å². The van der Waals surface area contributed by atoms with E-state index in [4.69, 9.17) is 9.72 Å². The van der Waals surface area contributed by atoms with E-state index in [0.717, 1.165) is 57.1 Å². The van der Waals surface area contributed by atoms with Crippen LogP contribution in [0.1, 0.15) is 5.56 Å². The van der Waals surface area contributed by atoms with Crippen LogP contribution in [0.5, 0.6) is 0 Å². The van der Waals surface area contributed by atoms with Gasteiger partial charge in [0.05, 0.1) is 13.2 Å². The molecule has 0 spiro atoms. The zero-order valence-electron chi connectivity index (χ0n) is 15.2. The van der Waals surface area contributed by atoms with Gasteiger partial charge in [-0.25, -0.2) is 13.8 Å². The molecule has 0 N–H and O–H groups in total. The van der Waals surface area contributed by atoms with E-state index in [1.807, 2.05) is 6.07 Å². The summed E-state index contributed by atoms with van der Waals surface area (Å²) >= 11 is 0. The molecule has 8 heteroatoms. The Morgan fingerprint density at radius 3 is 2.48 bits per heavy atom. The summed E-state index contributed by atoms with van der Waals surface area (Å²) in [6.07, 6.45) is 1.79. The fourth-order valence-corrected chi connectivity index (χ4v) is 3.47. The molecule has 6 nitrogen and oxygen atoms in total. The summed E-state index contributed by atoms with van der Waals surface area (Å²) in [7, 11) is 0. The van der Waals surface area contributed by atoms with E-state index >= 15 is 0 Å². The number of halogens is 2. The number of aromatic nitrogens is 2. The maximum Gasteiger partial charge on any atom is 0.227 e. The molecule has 144 valence electrons. The van der Waals surface area contributed by atoms with Crippen LogP contribution in [0.4, 0.5) is 20.5 Å². The summed E-state index contributed by atoms with van der Waals surface area (Å²) in [6, 6.07) is 5.54. The molecule has 4 rings (SSSR count). The molecule has 2 fully saturated rings. The fourth-order valence-electron chi connectivity index (χ4n) is 3.47. The number of rotatable bonds is 4. The largest absolute Gasteiger partial charge is 0.378 e. The van der Waals surface area contributed by atoms with Crippen molar-refractivity contribution in [2.45, 2.75) is 6.54 Å². The summed E-state index contributed by atoms with van der Waals surface area (Å²) in [5.41, 5.74) is 0.397. The first-order valence-electron chi connectivity index (χ1n) is 9.26. The second kappa shape index (κ2) is 8.14. The van der Waals surface area contributed by atoms with Crippen molar-refractivity contribution in [1.82, 2.24) is 14.9 Å². The topological polar surface area (TPSA) is 44.7 Å². The quantitative estimate of drug-likeness (QED) is 0.814. The lowest BCUT2D eigenvalue weighted by atomic mass is 10.2. The van der Waals surface area contributed by atoms with E-state index in [1.165, 1.54) is 12.1 Å². The average Bonchev–Trinajstić information content (AvgIpc) is 2.72. The lowest BCUT2D eigenvalue weighted by Gasteiger charge is -2.35. The first kappa shape index (κ1) is 18.1. The van der Waals surface area contributed by atoms with Crippen molar-refractivity contribution in [3.05, 3.63) is 47.7 Å². The van der Waals surface area contributed by atoms with Crippen LogP contribution in [-0.2, 0) is 11.3 Å². The van der Waals surface area contributed by atoms with Crippen LogP contribution in [-0.4, -0.2) is 67.4 Å². The summed E-state index contributed by atoms with van der Waals surface area (Å²) < 4.78 is 32.6. The molecule has 0 amide bonds. The smallest absolute Gasteiger partial charge is 0.227 e. The van der Waals surface area contributed by atoms with Gasteiger partial charge in [0.15, 0.2) is 0 Å². The number of morpholine rings is 1. The number of piperazine rings is 1. The van der Waals surface area contributed by atoms with E-state index in [2.05, 4.69) is 19.7 Å². The van der Waals surface area contributed by atoms with Crippen LogP contribution in [0, 0.1) is 11.6 Å². The Labute approximate surface area is 157 Å². The number of anilines is 2. The minimum Gasteiger partial charge on any atom is -0.378 e. The molecule has 0 radical (unpaired) electrons. The van der Waals surface area contributed by atoms with Crippen molar-refractivity contribution in [3.8, 4) is 0 Å². The minimum atomic E-state index is -0.404. The number of hydrogen-bond donors (Lipinski definition) is 0. The van der Waals surface area contributed by atoms with Gasteiger partial charge in [0.1, 0.15) is 17.5 Å². The SMILES string of the molecule is Fc1ccc(F)c(CN2CCN(c3nccc(N4CCOCC4)n3)CC2)c1. The molecule has 2 aliphatic rings. The van der Waals surface area contributed by atoms with Gasteiger partial charge in [0, 0.05) is 57.6 Å². The molecule has 2 aromatic rings. The third-order valence-electron chi connectivity index (χ3n) is 5.02. The lowest BCUT2D eigenvalue weighted by Crippen LogP contribution is -2.46. The molecule has 0 bridgehead atoms. The van der Waals surface area contributed by atoms with Gasteiger partial charge in [0.2, 0.25) is 5.95 Å². The maximum atomic E-state index is 13.9. The molecule has 0 atom stereocenters. The first-order chi connectivity index (χ1) is 13.2. The molecular formula is C19H23F2N5O. The van der Waals surface area contributed by atoms with Crippen LogP contribution < -0.4 is 9.80 Å². The van der Waals surface area contributed by atoms with Crippen molar-refractivity contribution in [3.63, 3.8) is 0 Å². The van der Waals surface area contributed by atoms with Crippen LogP contribution in [0.25, 0.3) is 0 Å². The Kier molecular flexibility index (Phi) is 5.45. The van der Waals surface area contributed by atoms with E-state index in [0.29, 0.717) is 25.3 Å². The van der Waals surface area contributed by atoms with Crippen molar-refractivity contribution < 1.29 is 13.5 Å². The van der Waals surface area contributed by atoms with Crippen molar-refractivity contribution >= 4 is 11.8 Å². The average molecular weight is 375 g/mol. The van der Waals surface area contributed by atoms with Gasteiger partial charge in [-0.05, 0) is 24.3 Å². The van der Waals surface area contributed by atoms with E-state index in [1.54, 1.807) is 6.20 Å².